The molecule has 204 valence electrons. The lowest BCUT2D eigenvalue weighted by Gasteiger charge is -2.64. The van der Waals surface area contributed by atoms with Gasteiger partial charge in [-0.25, -0.2) is 4.79 Å². The zero-order valence-electron chi connectivity index (χ0n) is 23.1. The number of hydrogen-bond donors (Lipinski definition) is 1. The fourth-order valence-electron chi connectivity index (χ4n) is 10.1. The number of aliphatic hydroxyl groups is 1. The van der Waals surface area contributed by atoms with Crippen LogP contribution >= 0.6 is 0 Å². The topological polar surface area (TPSA) is 74.0 Å². The molecule has 1 saturated heterocycles. The summed E-state index contributed by atoms with van der Waals surface area (Å²) < 4.78 is 5.24. The first-order valence-electron chi connectivity index (χ1n) is 14.9. The van der Waals surface area contributed by atoms with Crippen molar-refractivity contribution in [3.05, 3.63) is 34.4 Å². The third kappa shape index (κ3) is 3.95. The largest absolute Gasteiger partial charge is 0.431 e. The van der Waals surface area contributed by atoms with Gasteiger partial charge in [0.2, 0.25) is 5.91 Å². The summed E-state index contributed by atoms with van der Waals surface area (Å²) >= 11 is 0. The smallest absolute Gasteiger partial charge is 0.335 e. The molecule has 6 nitrogen and oxygen atoms in total. The Balaban J connectivity index is 1.17. The van der Waals surface area contributed by atoms with Crippen molar-refractivity contribution in [2.24, 2.45) is 28.6 Å². The molecule has 1 aliphatic heterocycles. The van der Waals surface area contributed by atoms with Crippen molar-refractivity contribution < 1.29 is 14.3 Å². The first-order chi connectivity index (χ1) is 17.7. The molecule has 4 saturated carbocycles. The molecule has 8 atom stereocenters. The highest BCUT2D eigenvalue weighted by Crippen LogP contribution is 2.70. The Bertz CT molecular complexity index is 1060. The van der Waals surface area contributed by atoms with Gasteiger partial charge in [0.15, 0.2) is 0 Å². The minimum atomic E-state index is -0.663. The number of likely N-dealkylation sites (N-methyl/N-ethyl adjacent to an activating group) is 1. The zero-order valence-corrected chi connectivity index (χ0v) is 23.1. The first kappa shape index (κ1) is 25.6. The molecule has 1 aromatic heterocycles. The van der Waals surface area contributed by atoms with Crippen LogP contribution in [0.2, 0.25) is 0 Å². The molecule has 0 radical (unpaired) electrons. The van der Waals surface area contributed by atoms with Crippen LogP contribution in [0.4, 0.5) is 0 Å². The van der Waals surface area contributed by atoms with Crippen LogP contribution in [0, 0.1) is 28.6 Å². The van der Waals surface area contributed by atoms with Crippen LogP contribution in [-0.4, -0.2) is 59.1 Å². The van der Waals surface area contributed by atoms with Gasteiger partial charge < -0.3 is 14.4 Å². The summed E-state index contributed by atoms with van der Waals surface area (Å²) in [4.78, 5) is 29.0. The van der Waals surface area contributed by atoms with Gasteiger partial charge in [0.1, 0.15) is 0 Å². The molecular formula is C31H46N2O4. The van der Waals surface area contributed by atoms with Gasteiger partial charge in [0.05, 0.1) is 18.4 Å². The summed E-state index contributed by atoms with van der Waals surface area (Å²) in [6.07, 6.45) is 13.7. The van der Waals surface area contributed by atoms with Crippen molar-refractivity contribution in [3.8, 4) is 0 Å². The molecule has 0 unspecified atom stereocenters. The molecule has 0 bridgehead atoms. The van der Waals surface area contributed by atoms with Crippen LogP contribution < -0.4 is 5.63 Å². The maximum absolute atomic E-state index is 13.1. The molecule has 0 spiro atoms. The lowest BCUT2D eigenvalue weighted by molar-refractivity contribution is -0.203. The maximum atomic E-state index is 13.1. The maximum Gasteiger partial charge on any atom is 0.335 e. The van der Waals surface area contributed by atoms with Gasteiger partial charge in [0.25, 0.3) is 0 Å². The van der Waals surface area contributed by atoms with E-state index in [9.17, 15) is 14.7 Å². The second-order valence-corrected chi connectivity index (χ2v) is 13.8. The van der Waals surface area contributed by atoms with E-state index < -0.39 is 5.60 Å². The summed E-state index contributed by atoms with van der Waals surface area (Å²) in [6.45, 7) is 7.53. The molecule has 1 amide bonds. The number of rotatable bonds is 4. The number of hydrogen-bond acceptors (Lipinski definition) is 5. The van der Waals surface area contributed by atoms with Crippen molar-refractivity contribution >= 4 is 5.91 Å². The highest BCUT2D eigenvalue weighted by atomic mass is 16.4. The van der Waals surface area contributed by atoms with E-state index >= 15 is 0 Å². The Morgan fingerprint density at radius 3 is 2.57 bits per heavy atom. The van der Waals surface area contributed by atoms with E-state index in [1.165, 1.54) is 18.9 Å². The normalized spacial score (nSPS) is 43.6. The molecule has 1 aromatic rings. The minimum Gasteiger partial charge on any atom is -0.431 e. The van der Waals surface area contributed by atoms with E-state index in [1.807, 2.05) is 13.1 Å². The molecule has 37 heavy (non-hydrogen) atoms. The second-order valence-electron chi connectivity index (χ2n) is 13.8. The Hall–Kier alpha value is -1.66. The Morgan fingerprint density at radius 1 is 1.05 bits per heavy atom. The van der Waals surface area contributed by atoms with Crippen molar-refractivity contribution in [2.45, 2.75) is 102 Å². The van der Waals surface area contributed by atoms with Gasteiger partial charge in [0, 0.05) is 24.6 Å². The summed E-state index contributed by atoms with van der Waals surface area (Å²) in [5.41, 5.74) is 0.155. The van der Waals surface area contributed by atoms with E-state index in [2.05, 4.69) is 23.6 Å². The lowest BCUT2D eigenvalue weighted by atomic mass is 9.43. The van der Waals surface area contributed by atoms with Crippen molar-refractivity contribution in [1.82, 2.24) is 9.80 Å². The number of nitrogens with zero attached hydrogens (tertiary/aromatic N) is 2. The molecule has 4 aliphatic carbocycles. The summed E-state index contributed by atoms with van der Waals surface area (Å²) in [5, 5.41) is 12.5. The van der Waals surface area contributed by atoms with Crippen LogP contribution in [0.25, 0.3) is 0 Å². The summed E-state index contributed by atoms with van der Waals surface area (Å²) in [6, 6.07) is 3.80. The molecule has 5 fully saturated rings. The minimum absolute atomic E-state index is 0.184. The highest BCUT2D eigenvalue weighted by molar-refractivity contribution is 5.78. The van der Waals surface area contributed by atoms with Crippen LogP contribution in [0.1, 0.15) is 96.0 Å². The molecule has 5 aliphatic rings. The molecular weight excluding hydrogens is 464 g/mol. The SMILES string of the molecule is CN(C(=O)CN1CCCC1)[C@@H]1CC[C@]2(C)[C@H](CC[C@@H]3[C@H]2CC[C@]2(C)[C@@H](c4ccc(=O)oc4)CC[C@@]32O)C1. The molecule has 2 heterocycles. The number of carbonyl (C=O) groups is 1. The van der Waals surface area contributed by atoms with Gasteiger partial charge in [-0.05, 0) is 124 Å². The van der Waals surface area contributed by atoms with E-state index in [4.69, 9.17) is 4.42 Å². The fourth-order valence-corrected chi connectivity index (χ4v) is 10.1. The van der Waals surface area contributed by atoms with Crippen molar-refractivity contribution in [2.75, 3.05) is 26.7 Å². The molecule has 1 N–H and O–H groups in total. The van der Waals surface area contributed by atoms with Gasteiger partial charge in [-0.2, -0.15) is 0 Å². The fraction of sp³-hybridized carbons (Fsp3) is 0.806. The Morgan fingerprint density at radius 2 is 1.84 bits per heavy atom. The lowest BCUT2D eigenvalue weighted by Crippen LogP contribution is -2.62. The second kappa shape index (κ2) is 9.22. The van der Waals surface area contributed by atoms with Gasteiger partial charge in [-0.3, -0.25) is 9.69 Å². The monoisotopic (exact) mass is 510 g/mol. The van der Waals surface area contributed by atoms with Crippen LogP contribution in [-0.2, 0) is 4.79 Å². The summed E-state index contributed by atoms with van der Waals surface area (Å²) in [5.74, 6) is 2.03. The van der Waals surface area contributed by atoms with Crippen LogP contribution in [0.3, 0.4) is 0 Å². The van der Waals surface area contributed by atoms with Gasteiger partial charge in [-0.1, -0.05) is 13.8 Å². The van der Waals surface area contributed by atoms with Crippen LogP contribution in [0.15, 0.2) is 27.6 Å². The van der Waals surface area contributed by atoms with Gasteiger partial charge >= 0.3 is 5.63 Å². The molecule has 6 heteroatoms. The van der Waals surface area contributed by atoms with E-state index in [1.54, 1.807) is 6.26 Å². The zero-order chi connectivity index (χ0) is 26.0. The predicted molar refractivity (Wildman–Crippen MR) is 143 cm³/mol. The van der Waals surface area contributed by atoms with E-state index in [-0.39, 0.29) is 22.4 Å². The Kier molecular flexibility index (Phi) is 6.38. The van der Waals surface area contributed by atoms with Crippen LogP contribution in [0.5, 0.6) is 0 Å². The number of likely N-dealkylation sites (tertiary alicyclic amines) is 1. The average molecular weight is 511 g/mol. The number of carbonyl (C=O) groups excluding carboxylic acids is 1. The summed E-state index contributed by atoms with van der Waals surface area (Å²) in [7, 11) is 2.04. The molecule has 6 rings (SSSR count). The predicted octanol–water partition coefficient (Wildman–Crippen LogP) is 4.80. The first-order valence-corrected chi connectivity index (χ1v) is 14.9. The average Bonchev–Trinajstić information content (AvgIpc) is 3.49. The third-order valence-electron chi connectivity index (χ3n) is 12.4. The Labute approximate surface area is 221 Å². The van der Waals surface area contributed by atoms with Crippen molar-refractivity contribution in [3.63, 3.8) is 0 Å². The highest BCUT2D eigenvalue weighted by Gasteiger charge is 2.67. The quantitative estimate of drug-likeness (QED) is 0.630. The molecule has 0 aromatic carbocycles. The van der Waals surface area contributed by atoms with E-state index in [0.717, 1.165) is 76.4 Å². The number of fused-ring (bicyclic) bond motifs is 5. The van der Waals surface area contributed by atoms with E-state index in [0.29, 0.717) is 36.2 Å². The van der Waals surface area contributed by atoms with Gasteiger partial charge in [-0.15, -0.1) is 0 Å². The standard InChI is InChI=1S/C31H46N2O4/c1-29-13-10-23(32(3)27(34)19-33-16-4-5-17-33)18-22(29)7-8-26-25(29)11-14-30(2)24(12-15-31(26,30)36)21-6-9-28(35)37-20-21/h6,9,20,22-26,36H,4-5,7-8,10-19H2,1-3H3/t22-,23-,24-,25-,26-,29-,30-,31-/m1/s1. The third-order valence-corrected chi connectivity index (χ3v) is 12.4. The number of amides is 1. The van der Waals surface area contributed by atoms with Crippen molar-refractivity contribution in [1.29, 1.82) is 0 Å².